The quantitative estimate of drug-likeness (QED) is 0.560. The lowest BCUT2D eigenvalue weighted by Gasteiger charge is -2.24. The van der Waals surface area contributed by atoms with Crippen LogP contribution in [0.1, 0.15) is 41.5 Å². The van der Waals surface area contributed by atoms with E-state index in [1.807, 2.05) is 0 Å². The molecule has 0 spiro atoms. The van der Waals surface area contributed by atoms with Gasteiger partial charge in [0.05, 0.1) is 26.2 Å². The maximum absolute atomic E-state index is 11.7. The second-order valence-electron chi connectivity index (χ2n) is 7.91. The Balaban J connectivity index is 1.74. The number of rotatable bonds is 2. The topological polar surface area (TPSA) is 77.5 Å². The summed E-state index contributed by atoms with van der Waals surface area (Å²) in [6.45, 7) is 12.6. The molecule has 2 aliphatic heterocycles. The zero-order valence-corrected chi connectivity index (χ0v) is 15.2. The highest BCUT2D eigenvalue weighted by Gasteiger charge is 2.35. The number of hydrogen-bond donors (Lipinski definition) is 0. The number of ether oxygens (including phenoxy) is 2. The highest BCUT2D eigenvalue weighted by molar-refractivity contribution is 5.61. The van der Waals surface area contributed by atoms with Gasteiger partial charge in [0, 0.05) is 0 Å². The predicted molar refractivity (Wildman–Crippen MR) is 84.8 cm³/mol. The van der Waals surface area contributed by atoms with Crippen LogP contribution in [0.25, 0.3) is 0 Å². The molecule has 0 aromatic heterocycles. The molecular weight excluding hydrogens is 316 g/mol. The lowest BCUT2D eigenvalue weighted by molar-refractivity contribution is -0.143. The second kappa shape index (κ2) is 6.60. The molecule has 0 aromatic rings. The van der Waals surface area contributed by atoms with Crippen LogP contribution >= 0.6 is 0 Å². The van der Waals surface area contributed by atoms with E-state index in [1.165, 1.54) is 0 Å². The third kappa shape index (κ3) is 5.68. The first kappa shape index (κ1) is 18.5. The number of carbonyl (C=O) groups excluding carboxylic acids is 2. The van der Waals surface area contributed by atoms with Crippen molar-refractivity contribution in [1.82, 2.24) is 10.1 Å². The Labute approximate surface area is 142 Å². The Kier molecular flexibility index (Phi) is 5.10. The van der Waals surface area contributed by atoms with Crippen LogP contribution in [0.2, 0.25) is 0 Å². The molecule has 0 unspecified atom stereocenters. The van der Waals surface area contributed by atoms with E-state index in [1.54, 1.807) is 51.7 Å². The van der Waals surface area contributed by atoms with Crippen molar-refractivity contribution in [3.8, 4) is 0 Å². The van der Waals surface area contributed by atoms with Crippen molar-refractivity contribution in [2.75, 3.05) is 26.2 Å². The van der Waals surface area contributed by atoms with Crippen molar-refractivity contribution >= 4 is 12.3 Å². The number of carbonyl (C=O) groups is 2. The van der Waals surface area contributed by atoms with Crippen LogP contribution in [0.4, 0.5) is 9.59 Å². The van der Waals surface area contributed by atoms with Crippen LogP contribution in [0.5, 0.6) is 0 Å². The van der Waals surface area contributed by atoms with Gasteiger partial charge in [0.2, 0.25) is 0 Å². The van der Waals surface area contributed by atoms with Gasteiger partial charge in [0.25, 0.3) is 0 Å². The molecule has 0 radical (unpaired) electrons. The summed E-state index contributed by atoms with van der Waals surface area (Å²) in [4.78, 5) is 33.7. The molecule has 0 bridgehead atoms. The van der Waals surface area contributed by atoms with Crippen LogP contribution < -0.4 is 0 Å². The smallest absolute Gasteiger partial charge is 0.427 e. The first-order chi connectivity index (χ1) is 10.9. The first-order valence-corrected chi connectivity index (χ1v) is 7.93. The van der Waals surface area contributed by atoms with E-state index in [2.05, 4.69) is 0 Å². The zero-order valence-electron chi connectivity index (χ0n) is 15.2. The zero-order chi connectivity index (χ0) is 18.1. The summed E-state index contributed by atoms with van der Waals surface area (Å²) < 4.78 is 10.2. The molecule has 24 heavy (non-hydrogen) atoms. The van der Waals surface area contributed by atoms with Crippen LogP contribution in [0.3, 0.4) is 0 Å². The third-order valence-corrected chi connectivity index (χ3v) is 3.16. The van der Waals surface area contributed by atoms with Gasteiger partial charge >= 0.3 is 12.3 Å². The van der Waals surface area contributed by atoms with Gasteiger partial charge in [-0.1, -0.05) is 0 Å². The molecule has 8 nitrogen and oxygen atoms in total. The van der Waals surface area contributed by atoms with E-state index in [-0.39, 0.29) is 0 Å². The van der Waals surface area contributed by atoms with Crippen molar-refractivity contribution in [1.29, 1.82) is 0 Å². The number of hydrogen-bond acceptors (Lipinski definition) is 8. The SMILES string of the molecule is CC(C)(C)OC(=O)ON1CC2=C(C1)CN(OC(=O)OC(C)(C)C)C2. The van der Waals surface area contributed by atoms with Crippen molar-refractivity contribution < 1.29 is 28.7 Å². The maximum Gasteiger partial charge on any atom is 0.528 e. The van der Waals surface area contributed by atoms with Crippen LogP contribution in [-0.4, -0.2) is 59.8 Å². The minimum absolute atomic E-state index is 0.475. The van der Waals surface area contributed by atoms with Crippen molar-refractivity contribution in [3.05, 3.63) is 11.1 Å². The Morgan fingerprint density at radius 1 is 0.708 bits per heavy atom. The predicted octanol–water partition coefficient (Wildman–Crippen LogP) is 2.65. The highest BCUT2D eigenvalue weighted by atomic mass is 16.8. The molecule has 2 heterocycles. The maximum atomic E-state index is 11.7. The summed E-state index contributed by atoms with van der Waals surface area (Å²) in [5.74, 6) is 0. The number of nitrogens with zero attached hydrogens (tertiary/aromatic N) is 2. The summed E-state index contributed by atoms with van der Waals surface area (Å²) in [6, 6.07) is 0. The highest BCUT2D eigenvalue weighted by Crippen LogP contribution is 2.26. The summed E-state index contributed by atoms with van der Waals surface area (Å²) in [5, 5.41) is 3.09. The lowest BCUT2D eigenvalue weighted by atomic mass is 10.2. The molecule has 0 aliphatic carbocycles. The molecule has 0 atom stereocenters. The van der Waals surface area contributed by atoms with Gasteiger partial charge in [-0.3, -0.25) is 0 Å². The average Bonchev–Trinajstić information content (AvgIpc) is 2.79. The first-order valence-electron chi connectivity index (χ1n) is 7.93. The van der Waals surface area contributed by atoms with Crippen molar-refractivity contribution in [2.24, 2.45) is 0 Å². The van der Waals surface area contributed by atoms with E-state index in [0.29, 0.717) is 26.2 Å². The van der Waals surface area contributed by atoms with Gasteiger partial charge in [-0.25, -0.2) is 9.59 Å². The van der Waals surface area contributed by atoms with Gasteiger partial charge < -0.3 is 19.1 Å². The fourth-order valence-electron chi connectivity index (χ4n) is 2.39. The molecule has 136 valence electrons. The van der Waals surface area contributed by atoms with Gasteiger partial charge in [-0.15, -0.1) is 10.1 Å². The molecule has 0 fully saturated rings. The monoisotopic (exact) mass is 342 g/mol. The summed E-state index contributed by atoms with van der Waals surface area (Å²) in [6.07, 6.45) is -1.43. The Hall–Kier alpha value is -1.80. The minimum Gasteiger partial charge on any atom is -0.427 e. The van der Waals surface area contributed by atoms with Gasteiger partial charge in [-0.2, -0.15) is 0 Å². The Morgan fingerprint density at radius 3 is 1.25 bits per heavy atom. The van der Waals surface area contributed by atoms with E-state index < -0.39 is 23.5 Å². The molecule has 0 saturated carbocycles. The van der Waals surface area contributed by atoms with Crippen LogP contribution in [-0.2, 0) is 19.1 Å². The normalized spacial score (nSPS) is 19.2. The van der Waals surface area contributed by atoms with E-state index in [0.717, 1.165) is 11.1 Å². The summed E-state index contributed by atoms with van der Waals surface area (Å²) in [5.41, 5.74) is 0.958. The molecule has 0 aromatic carbocycles. The van der Waals surface area contributed by atoms with E-state index >= 15 is 0 Å². The van der Waals surface area contributed by atoms with Crippen molar-refractivity contribution in [2.45, 2.75) is 52.7 Å². The molecule has 8 heteroatoms. The largest absolute Gasteiger partial charge is 0.528 e. The Bertz CT molecular complexity index is 480. The summed E-state index contributed by atoms with van der Waals surface area (Å²) >= 11 is 0. The van der Waals surface area contributed by atoms with Crippen molar-refractivity contribution in [3.63, 3.8) is 0 Å². The molecule has 2 aliphatic rings. The fourth-order valence-corrected chi connectivity index (χ4v) is 2.39. The second-order valence-corrected chi connectivity index (χ2v) is 7.91. The van der Waals surface area contributed by atoms with Crippen LogP contribution in [0, 0.1) is 0 Å². The number of hydroxylamine groups is 4. The average molecular weight is 342 g/mol. The molecular formula is C16H26N2O6. The summed E-state index contributed by atoms with van der Waals surface area (Å²) in [7, 11) is 0. The van der Waals surface area contributed by atoms with E-state index in [9.17, 15) is 9.59 Å². The Morgan fingerprint density at radius 2 is 1.00 bits per heavy atom. The molecule has 0 amide bonds. The van der Waals surface area contributed by atoms with Gasteiger partial charge in [-0.05, 0) is 52.7 Å². The molecule has 0 saturated heterocycles. The lowest BCUT2D eigenvalue weighted by Crippen LogP contribution is -2.35. The standard InChI is InChI=1S/C16H26N2O6/c1-15(2,3)21-13(19)23-17-7-11-9-18(10-12(11)8-17)24-14(20)22-16(4,5)6/h7-10H2,1-6H3. The molecule has 0 N–H and O–H groups in total. The van der Waals surface area contributed by atoms with Gasteiger partial charge in [0.15, 0.2) is 0 Å². The fraction of sp³-hybridized carbons (Fsp3) is 0.750. The minimum atomic E-state index is -0.717. The molecule has 2 rings (SSSR count). The van der Waals surface area contributed by atoms with Gasteiger partial charge in [0.1, 0.15) is 11.2 Å². The van der Waals surface area contributed by atoms with E-state index in [4.69, 9.17) is 19.1 Å². The third-order valence-electron chi connectivity index (χ3n) is 3.16. The van der Waals surface area contributed by atoms with Crippen LogP contribution in [0.15, 0.2) is 11.1 Å².